The molecule has 0 aliphatic rings. The van der Waals surface area contributed by atoms with Crippen LogP contribution in [-0.4, -0.2) is 19.7 Å². The van der Waals surface area contributed by atoms with Gasteiger partial charge in [-0.3, -0.25) is 4.98 Å². The Hall–Kier alpha value is -1.91. The minimum Gasteiger partial charge on any atom is -0.366 e. The molecule has 5 heteroatoms. The van der Waals surface area contributed by atoms with Crippen molar-refractivity contribution in [1.82, 2.24) is 19.7 Å². The fraction of sp³-hybridized carbons (Fsp3) is 0.125. The van der Waals surface area contributed by atoms with Crippen LogP contribution in [0.5, 0.6) is 0 Å². The third-order valence-corrected chi connectivity index (χ3v) is 1.75. The maximum Gasteiger partial charge on any atom is 0.239 e. The van der Waals surface area contributed by atoms with Gasteiger partial charge < -0.3 is 5.73 Å². The molecule has 2 rings (SSSR count). The number of rotatable bonds is 1. The van der Waals surface area contributed by atoms with E-state index in [1.54, 1.807) is 23.4 Å². The Morgan fingerprint density at radius 1 is 1.46 bits per heavy atom. The first kappa shape index (κ1) is 7.72. The van der Waals surface area contributed by atoms with Crippen LogP contribution in [0.2, 0.25) is 0 Å². The Morgan fingerprint density at radius 3 is 2.92 bits per heavy atom. The second-order valence-electron chi connectivity index (χ2n) is 2.71. The van der Waals surface area contributed by atoms with E-state index in [1.807, 2.05) is 13.0 Å². The second kappa shape index (κ2) is 2.85. The van der Waals surface area contributed by atoms with Crippen LogP contribution in [-0.2, 0) is 0 Å². The maximum atomic E-state index is 5.41. The van der Waals surface area contributed by atoms with Crippen molar-refractivity contribution in [1.29, 1.82) is 0 Å². The van der Waals surface area contributed by atoms with Crippen molar-refractivity contribution in [3.8, 4) is 5.69 Å². The summed E-state index contributed by atoms with van der Waals surface area (Å²) in [6.07, 6.45) is 5.06. The van der Waals surface area contributed by atoms with Crippen LogP contribution in [0.3, 0.4) is 0 Å². The number of nitrogens with two attached hydrogens (primary N) is 1. The molecule has 0 saturated heterocycles. The highest BCUT2D eigenvalue weighted by Crippen LogP contribution is 2.09. The van der Waals surface area contributed by atoms with Crippen LogP contribution in [0.15, 0.2) is 24.8 Å². The monoisotopic (exact) mass is 175 g/mol. The minimum atomic E-state index is 0.274. The Balaban J connectivity index is 2.52. The lowest BCUT2D eigenvalue weighted by atomic mass is 10.3. The summed E-state index contributed by atoms with van der Waals surface area (Å²) in [5.74, 6) is 0.274. The predicted octanol–water partition coefficient (Wildman–Crippen LogP) is 0.553. The van der Waals surface area contributed by atoms with Crippen molar-refractivity contribution < 1.29 is 0 Å². The second-order valence-corrected chi connectivity index (χ2v) is 2.71. The molecule has 2 N–H and O–H groups in total. The summed E-state index contributed by atoms with van der Waals surface area (Å²) in [5.41, 5.74) is 7.39. The lowest BCUT2D eigenvalue weighted by Gasteiger charge is -2.02. The predicted molar refractivity (Wildman–Crippen MR) is 48.3 cm³/mol. The number of anilines is 1. The van der Waals surface area contributed by atoms with Gasteiger partial charge in [0.2, 0.25) is 5.95 Å². The Morgan fingerprint density at radius 2 is 2.31 bits per heavy atom. The van der Waals surface area contributed by atoms with Crippen molar-refractivity contribution in [3.05, 3.63) is 30.4 Å². The molecule has 0 aromatic carbocycles. The normalized spacial score (nSPS) is 10.2. The number of hydrogen-bond donors (Lipinski definition) is 1. The summed E-state index contributed by atoms with van der Waals surface area (Å²) in [6.45, 7) is 1.96. The average Bonchev–Trinajstić information content (AvgIpc) is 2.53. The number of aryl methyl sites for hydroxylation is 1. The van der Waals surface area contributed by atoms with E-state index in [0.717, 1.165) is 11.3 Å². The van der Waals surface area contributed by atoms with Gasteiger partial charge in [0.25, 0.3) is 0 Å². The number of pyridine rings is 1. The highest BCUT2D eigenvalue weighted by atomic mass is 15.4. The van der Waals surface area contributed by atoms with E-state index in [1.165, 1.54) is 0 Å². The molecule has 0 unspecified atom stereocenters. The number of nitrogens with zero attached hydrogens (tertiary/aromatic N) is 4. The summed E-state index contributed by atoms with van der Waals surface area (Å²) in [5, 5.41) is 4.00. The summed E-state index contributed by atoms with van der Waals surface area (Å²) >= 11 is 0. The topological polar surface area (TPSA) is 69.6 Å². The van der Waals surface area contributed by atoms with Crippen molar-refractivity contribution in [3.63, 3.8) is 0 Å². The van der Waals surface area contributed by atoms with Gasteiger partial charge in [0.15, 0.2) is 0 Å². The fourth-order valence-electron chi connectivity index (χ4n) is 1.12. The van der Waals surface area contributed by atoms with Gasteiger partial charge in [-0.15, -0.1) is 5.10 Å². The third kappa shape index (κ3) is 1.35. The van der Waals surface area contributed by atoms with Gasteiger partial charge in [-0.05, 0) is 18.6 Å². The molecule has 66 valence electrons. The molecule has 0 spiro atoms. The van der Waals surface area contributed by atoms with Crippen LogP contribution in [0, 0.1) is 6.92 Å². The van der Waals surface area contributed by atoms with Crippen molar-refractivity contribution >= 4 is 5.95 Å². The summed E-state index contributed by atoms with van der Waals surface area (Å²) in [4.78, 5) is 7.83. The zero-order valence-electron chi connectivity index (χ0n) is 7.18. The Labute approximate surface area is 75.2 Å². The van der Waals surface area contributed by atoms with Crippen LogP contribution in [0.4, 0.5) is 5.95 Å². The zero-order valence-corrected chi connectivity index (χ0v) is 7.18. The number of hydrogen-bond acceptors (Lipinski definition) is 4. The van der Waals surface area contributed by atoms with E-state index in [2.05, 4.69) is 15.1 Å². The van der Waals surface area contributed by atoms with Crippen LogP contribution in [0.25, 0.3) is 5.69 Å². The molecule has 0 fully saturated rings. The molecule has 0 atom stereocenters. The van der Waals surface area contributed by atoms with Crippen LogP contribution < -0.4 is 5.73 Å². The highest BCUT2D eigenvalue weighted by molar-refractivity contribution is 5.36. The summed E-state index contributed by atoms with van der Waals surface area (Å²) < 4.78 is 1.63. The Kier molecular flexibility index (Phi) is 1.70. The molecule has 0 bridgehead atoms. The highest BCUT2D eigenvalue weighted by Gasteiger charge is 2.01. The number of aromatic nitrogens is 4. The lowest BCUT2D eigenvalue weighted by Crippen LogP contribution is -1.98. The molecule has 5 nitrogen and oxygen atoms in total. The smallest absolute Gasteiger partial charge is 0.239 e. The first-order valence-electron chi connectivity index (χ1n) is 3.85. The standard InChI is InChI=1S/C8H9N5/c1-6-4-10-3-2-7(6)13-5-11-8(9)12-13/h2-5H,1H3,(H2,9,12). The van der Waals surface area contributed by atoms with Crippen molar-refractivity contribution in [2.45, 2.75) is 6.92 Å². The van der Waals surface area contributed by atoms with E-state index in [4.69, 9.17) is 5.73 Å². The average molecular weight is 175 g/mol. The minimum absolute atomic E-state index is 0.274. The van der Waals surface area contributed by atoms with Crippen LogP contribution >= 0.6 is 0 Å². The molecular formula is C8H9N5. The zero-order chi connectivity index (χ0) is 9.26. The maximum absolute atomic E-state index is 5.41. The van der Waals surface area contributed by atoms with Gasteiger partial charge in [-0.25, -0.2) is 9.67 Å². The molecular weight excluding hydrogens is 166 g/mol. The first-order valence-corrected chi connectivity index (χ1v) is 3.85. The van der Waals surface area contributed by atoms with Gasteiger partial charge in [-0.1, -0.05) is 0 Å². The SMILES string of the molecule is Cc1cnccc1-n1cnc(N)n1. The molecule has 2 heterocycles. The largest absolute Gasteiger partial charge is 0.366 e. The van der Waals surface area contributed by atoms with Gasteiger partial charge in [-0.2, -0.15) is 0 Å². The van der Waals surface area contributed by atoms with Gasteiger partial charge in [0.05, 0.1) is 5.69 Å². The molecule has 2 aromatic heterocycles. The molecule has 13 heavy (non-hydrogen) atoms. The van der Waals surface area contributed by atoms with Gasteiger partial charge in [0.1, 0.15) is 6.33 Å². The van der Waals surface area contributed by atoms with E-state index in [9.17, 15) is 0 Å². The van der Waals surface area contributed by atoms with Crippen molar-refractivity contribution in [2.75, 3.05) is 5.73 Å². The van der Waals surface area contributed by atoms with E-state index < -0.39 is 0 Å². The van der Waals surface area contributed by atoms with E-state index in [-0.39, 0.29) is 5.95 Å². The Bertz CT molecular complexity index is 420. The molecule has 0 saturated carbocycles. The molecule has 0 aliphatic carbocycles. The van der Waals surface area contributed by atoms with Crippen molar-refractivity contribution in [2.24, 2.45) is 0 Å². The molecule has 0 radical (unpaired) electrons. The summed E-state index contributed by atoms with van der Waals surface area (Å²) in [7, 11) is 0. The number of nitrogen functional groups attached to an aromatic ring is 1. The molecule has 2 aromatic rings. The summed E-state index contributed by atoms with van der Waals surface area (Å²) in [6, 6.07) is 1.86. The third-order valence-electron chi connectivity index (χ3n) is 1.75. The fourth-order valence-corrected chi connectivity index (χ4v) is 1.12. The van der Waals surface area contributed by atoms with Gasteiger partial charge >= 0.3 is 0 Å². The van der Waals surface area contributed by atoms with Crippen LogP contribution in [0.1, 0.15) is 5.56 Å². The van der Waals surface area contributed by atoms with E-state index in [0.29, 0.717) is 0 Å². The molecule has 0 amide bonds. The quantitative estimate of drug-likeness (QED) is 0.687. The lowest BCUT2D eigenvalue weighted by molar-refractivity contribution is 0.871. The van der Waals surface area contributed by atoms with Gasteiger partial charge in [0, 0.05) is 12.4 Å². The van der Waals surface area contributed by atoms with E-state index >= 15 is 0 Å². The molecule has 0 aliphatic heterocycles. The first-order chi connectivity index (χ1) is 6.27.